The van der Waals surface area contributed by atoms with Crippen LogP contribution in [0.5, 0.6) is 11.5 Å². The van der Waals surface area contributed by atoms with Gasteiger partial charge in [0.1, 0.15) is 18.8 Å². The van der Waals surface area contributed by atoms with E-state index < -0.39 is 5.82 Å². The van der Waals surface area contributed by atoms with Gasteiger partial charge in [0.15, 0.2) is 11.5 Å². The molecule has 3 rings (SSSR count). The molecular formula is C17H15BrClFN4O2. The lowest BCUT2D eigenvalue weighted by Crippen LogP contribution is -2.04. The molecule has 2 aromatic carbocycles. The van der Waals surface area contributed by atoms with Gasteiger partial charge in [-0.05, 0) is 29.8 Å². The van der Waals surface area contributed by atoms with Crippen molar-refractivity contribution in [3.05, 3.63) is 63.1 Å². The van der Waals surface area contributed by atoms with Gasteiger partial charge in [0.25, 0.3) is 0 Å². The minimum Gasteiger partial charge on any atom is -0.493 e. The third kappa shape index (κ3) is 4.25. The number of anilines is 1. The number of nitrogens with zero attached hydrogens (tertiary/aromatic N) is 2. The van der Waals surface area contributed by atoms with Crippen LogP contribution in [0.1, 0.15) is 11.1 Å². The van der Waals surface area contributed by atoms with Gasteiger partial charge in [-0.3, -0.25) is 0 Å². The molecule has 2 N–H and O–H groups in total. The molecule has 136 valence electrons. The van der Waals surface area contributed by atoms with E-state index >= 15 is 0 Å². The summed E-state index contributed by atoms with van der Waals surface area (Å²) in [6, 6.07) is 8.11. The first kappa shape index (κ1) is 18.5. The highest BCUT2D eigenvalue weighted by Crippen LogP contribution is 2.35. The topological polar surface area (TPSA) is 72.1 Å². The Morgan fingerprint density at radius 2 is 2.15 bits per heavy atom. The van der Waals surface area contributed by atoms with Crippen LogP contribution in [-0.4, -0.2) is 22.3 Å². The smallest absolute Gasteiger partial charge is 0.218 e. The van der Waals surface area contributed by atoms with Crippen molar-refractivity contribution >= 4 is 33.5 Å². The molecule has 0 spiro atoms. The number of halogens is 3. The first-order valence-electron chi connectivity index (χ1n) is 7.60. The van der Waals surface area contributed by atoms with Crippen LogP contribution >= 0.6 is 27.5 Å². The summed E-state index contributed by atoms with van der Waals surface area (Å²) in [5.74, 6) is 1.14. The molecule has 1 aromatic heterocycles. The van der Waals surface area contributed by atoms with Gasteiger partial charge in [-0.1, -0.05) is 33.6 Å². The first-order chi connectivity index (χ1) is 12.6. The van der Waals surface area contributed by atoms with E-state index in [2.05, 4.69) is 36.4 Å². The Morgan fingerprint density at radius 3 is 2.85 bits per heavy atom. The van der Waals surface area contributed by atoms with E-state index in [9.17, 15) is 4.39 Å². The maximum atomic E-state index is 13.9. The molecular weight excluding hydrogens is 427 g/mol. The van der Waals surface area contributed by atoms with E-state index in [1.165, 1.54) is 12.4 Å². The van der Waals surface area contributed by atoms with Crippen LogP contribution in [0.3, 0.4) is 0 Å². The lowest BCUT2D eigenvalue weighted by Gasteiger charge is -2.15. The van der Waals surface area contributed by atoms with Crippen LogP contribution in [0, 0.1) is 5.82 Å². The zero-order valence-electron chi connectivity index (χ0n) is 13.7. The average molecular weight is 442 g/mol. The maximum Gasteiger partial charge on any atom is 0.218 e. The Kier molecular flexibility index (Phi) is 5.95. The molecule has 0 aliphatic heterocycles. The van der Waals surface area contributed by atoms with Gasteiger partial charge < -0.3 is 14.8 Å². The van der Waals surface area contributed by atoms with Crippen molar-refractivity contribution in [1.82, 2.24) is 15.2 Å². The average Bonchev–Trinajstić information content (AvgIpc) is 3.14. The number of ether oxygens (including phenoxy) is 2. The Balaban J connectivity index is 1.76. The number of benzene rings is 2. The van der Waals surface area contributed by atoms with Crippen LogP contribution < -0.4 is 14.8 Å². The molecule has 0 aliphatic carbocycles. The summed E-state index contributed by atoms with van der Waals surface area (Å²) in [5.41, 5.74) is 1.22. The Bertz CT molecular complexity index is 872. The number of nitrogens with one attached hydrogen (secondary N) is 2. The number of methoxy groups -OCH3 is 1. The van der Waals surface area contributed by atoms with Crippen LogP contribution in [0.2, 0.25) is 5.02 Å². The predicted molar refractivity (Wildman–Crippen MR) is 100 cm³/mol. The number of hydrogen-bond acceptors (Lipinski definition) is 5. The van der Waals surface area contributed by atoms with Crippen molar-refractivity contribution in [2.24, 2.45) is 0 Å². The summed E-state index contributed by atoms with van der Waals surface area (Å²) in [6.07, 6.45) is 1.42. The molecule has 0 atom stereocenters. The van der Waals surface area contributed by atoms with Crippen molar-refractivity contribution < 1.29 is 13.9 Å². The second-order valence-electron chi connectivity index (χ2n) is 5.27. The SMILES string of the molecule is COc1cc(CNc2ncn[nH]2)c(Br)cc1OCc1c(F)cccc1Cl. The largest absolute Gasteiger partial charge is 0.493 e. The molecule has 0 fully saturated rings. The number of aromatic nitrogens is 3. The third-order valence-corrected chi connectivity index (χ3v) is 4.72. The van der Waals surface area contributed by atoms with Crippen molar-refractivity contribution in [1.29, 1.82) is 0 Å². The zero-order valence-corrected chi connectivity index (χ0v) is 16.1. The van der Waals surface area contributed by atoms with Crippen LogP contribution in [0.4, 0.5) is 10.3 Å². The lowest BCUT2D eigenvalue weighted by molar-refractivity contribution is 0.279. The van der Waals surface area contributed by atoms with Crippen molar-refractivity contribution in [3.63, 3.8) is 0 Å². The van der Waals surface area contributed by atoms with Crippen LogP contribution in [0.15, 0.2) is 41.1 Å². The molecule has 3 aromatic rings. The van der Waals surface area contributed by atoms with E-state index in [0.29, 0.717) is 34.6 Å². The Hall–Kier alpha value is -2.32. The number of rotatable bonds is 7. The molecule has 0 saturated heterocycles. The van der Waals surface area contributed by atoms with Gasteiger partial charge in [0.05, 0.1) is 12.1 Å². The standard InChI is InChI=1S/C17H15BrClFN4O2/c1-25-15-5-10(7-21-17-22-9-23-24-17)12(18)6-16(15)26-8-11-13(19)3-2-4-14(11)20/h2-6,9H,7-8H2,1H3,(H2,21,22,23,24). The van der Waals surface area contributed by atoms with Gasteiger partial charge >= 0.3 is 0 Å². The third-order valence-electron chi connectivity index (χ3n) is 3.63. The van der Waals surface area contributed by atoms with Crippen LogP contribution in [0.25, 0.3) is 0 Å². The molecule has 0 amide bonds. The molecule has 0 bridgehead atoms. The number of aromatic amines is 1. The highest BCUT2D eigenvalue weighted by atomic mass is 79.9. The minimum atomic E-state index is -0.414. The molecule has 0 aliphatic rings. The van der Waals surface area contributed by atoms with Gasteiger partial charge in [-0.25, -0.2) is 14.5 Å². The quantitative estimate of drug-likeness (QED) is 0.562. The van der Waals surface area contributed by atoms with E-state index in [0.717, 1.165) is 10.0 Å². The van der Waals surface area contributed by atoms with Crippen molar-refractivity contribution in [2.75, 3.05) is 12.4 Å². The zero-order chi connectivity index (χ0) is 18.5. The summed E-state index contributed by atoms with van der Waals surface area (Å²) in [6.45, 7) is 0.482. The fourth-order valence-corrected chi connectivity index (χ4v) is 2.95. The molecule has 0 saturated carbocycles. The maximum absolute atomic E-state index is 13.9. The summed E-state index contributed by atoms with van der Waals surface area (Å²) in [7, 11) is 1.54. The first-order valence-corrected chi connectivity index (χ1v) is 8.77. The second kappa shape index (κ2) is 8.37. The molecule has 0 unspecified atom stereocenters. The molecule has 26 heavy (non-hydrogen) atoms. The predicted octanol–water partition coefficient (Wildman–Crippen LogP) is 4.56. The van der Waals surface area contributed by atoms with E-state index in [4.69, 9.17) is 21.1 Å². The number of H-pyrrole nitrogens is 1. The lowest BCUT2D eigenvalue weighted by atomic mass is 10.2. The van der Waals surface area contributed by atoms with Crippen molar-refractivity contribution in [2.45, 2.75) is 13.2 Å². The summed E-state index contributed by atoms with van der Waals surface area (Å²) < 4.78 is 25.8. The van der Waals surface area contributed by atoms with E-state index in [-0.39, 0.29) is 6.61 Å². The molecule has 1 heterocycles. The Labute approximate surface area is 162 Å². The van der Waals surface area contributed by atoms with Gasteiger partial charge in [-0.2, -0.15) is 5.10 Å². The van der Waals surface area contributed by atoms with Gasteiger partial charge in [0.2, 0.25) is 5.95 Å². The number of hydrogen-bond donors (Lipinski definition) is 2. The van der Waals surface area contributed by atoms with E-state index in [1.807, 2.05) is 6.07 Å². The molecule has 9 heteroatoms. The van der Waals surface area contributed by atoms with Crippen LogP contribution in [-0.2, 0) is 13.2 Å². The van der Waals surface area contributed by atoms with Gasteiger partial charge in [-0.15, -0.1) is 0 Å². The minimum absolute atomic E-state index is 0.00995. The summed E-state index contributed by atoms with van der Waals surface area (Å²) in [4.78, 5) is 4.00. The molecule has 0 radical (unpaired) electrons. The summed E-state index contributed by atoms with van der Waals surface area (Å²) in [5, 5.41) is 9.92. The highest BCUT2D eigenvalue weighted by molar-refractivity contribution is 9.10. The van der Waals surface area contributed by atoms with Gasteiger partial charge in [0, 0.05) is 16.6 Å². The summed E-state index contributed by atoms with van der Waals surface area (Å²) >= 11 is 9.54. The fourth-order valence-electron chi connectivity index (χ4n) is 2.27. The Morgan fingerprint density at radius 1 is 1.31 bits per heavy atom. The fraction of sp³-hybridized carbons (Fsp3) is 0.176. The van der Waals surface area contributed by atoms with Crippen molar-refractivity contribution in [3.8, 4) is 11.5 Å². The monoisotopic (exact) mass is 440 g/mol. The second-order valence-corrected chi connectivity index (χ2v) is 6.53. The highest BCUT2D eigenvalue weighted by Gasteiger charge is 2.13. The van der Waals surface area contributed by atoms with E-state index in [1.54, 1.807) is 25.3 Å². The molecule has 6 nitrogen and oxygen atoms in total. The normalized spacial score (nSPS) is 10.6.